The summed E-state index contributed by atoms with van der Waals surface area (Å²) in [6.07, 6.45) is 7.05. The second-order valence-electron chi connectivity index (χ2n) is 7.54. The van der Waals surface area contributed by atoms with Crippen LogP contribution in [0.15, 0.2) is 18.5 Å². The van der Waals surface area contributed by atoms with Crippen LogP contribution in [-0.4, -0.2) is 56.4 Å². The summed E-state index contributed by atoms with van der Waals surface area (Å²) in [4.78, 5) is 7.50. The van der Waals surface area contributed by atoms with Crippen LogP contribution in [0, 0.1) is 5.92 Å². The van der Waals surface area contributed by atoms with Gasteiger partial charge in [-0.3, -0.25) is 4.40 Å². The number of hydrogen-bond donors (Lipinski definition) is 2. The largest absolute Gasteiger partial charge is 0.345 e. The first-order valence-electron chi connectivity index (χ1n) is 9.51. The van der Waals surface area contributed by atoms with E-state index in [0.717, 1.165) is 48.3 Å². The standard InChI is InChI=1S/C17H23N7O2S/c1-2-11-8-12(22-27(25,26)23-6-3-7-23)9-13(11)17-21-20-15-10-19-16-14(24(15)17)4-5-18-16/h4-5,10-13,18,22H,2-3,6-9H2,1H3. The Bertz CT molecular complexity index is 1090. The molecule has 0 amide bonds. The molecule has 1 saturated carbocycles. The summed E-state index contributed by atoms with van der Waals surface area (Å²) in [5.74, 6) is 1.42. The first-order chi connectivity index (χ1) is 13.1. The van der Waals surface area contributed by atoms with Crippen LogP contribution in [0.4, 0.5) is 0 Å². The summed E-state index contributed by atoms with van der Waals surface area (Å²) < 4.78 is 31.4. The Morgan fingerprint density at radius 1 is 1.30 bits per heavy atom. The van der Waals surface area contributed by atoms with Crippen molar-refractivity contribution in [2.24, 2.45) is 5.92 Å². The molecule has 10 heteroatoms. The molecule has 0 radical (unpaired) electrons. The summed E-state index contributed by atoms with van der Waals surface area (Å²) >= 11 is 0. The Kier molecular flexibility index (Phi) is 3.95. The fourth-order valence-electron chi connectivity index (χ4n) is 4.44. The smallest absolute Gasteiger partial charge is 0.279 e. The molecule has 2 fully saturated rings. The third-order valence-electron chi connectivity index (χ3n) is 5.99. The third-order valence-corrected chi connectivity index (χ3v) is 7.66. The van der Waals surface area contributed by atoms with E-state index in [9.17, 15) is 8.42 Å². The molecule has 144 valence electrons. The highest BCUT2D eigenvalue weighted by Gasteiger charge is 2.40. The van der Waals surface area contributed by atoms with Crippen LogP contribution in [0.25, 0.3) is 16.8 Å². The summed E-state index contributed by atoms with van der Waals surface area (Å²) in [7, 11) is -3.37. The van der Waals surface area contributed by atoms with Crippen molar-refractivity contribution in [3.05, 3.63) is 24.3 Å². The lowest BCUT2D eigenvalue weighted by Gasteiger charge is -2.31. The minimum absolute atomic E-state index is 0.0681. The van der Waals surface area contributed by atoms with Crippen LogP contribution < -0.4 is 4.72 Å². The highest BCUT2D eigenvalue weighted by Crippen LogP contribution is 2.41. The molecule has 1 aliphatic carbocycles. The molecule has 3 unspecified atom stereocenters. The average Bonchev–Trinajstić information content (AvgIpc) is 3.28. The maximum atomic E-state index is 12.5. The molecule has 0 aromatic carbocycles. The van der Waals surface area contributed by atoms with Crippen molar-refractivity contribution in [1.82, 2.24) is 33.6 Å². The van der Waals surface area contributed by atoms with Crippen molar-refractivity contribution in [2.45, 2.75) is 44.6 Å². The molecule has 2 aliphatic rings. The van der Waals surface area contributed by atoms with Gasteiger partial charge in [0.2, 0.25) is 0 Å². The van der Waals surface area contributed by atoms with E-state index < -0.39 is 10.2 Å². The van der Waals surface area contributed by atoms with Gasteiger partial charge in [-0.1, -0.05) is 13.3 Å². The molecule has 3 aromatic rings. The number of aromatic amines is 1. The van der Waals surface area contributed by atoms with E-state index in [0.29, 0.717) is 19.0 Å². The summed E-state index contributed by atoms with van der Waals surface area (Å²) in [6, 6.07) is 1.91. The van der Waals surface area contributed by atoms with Crippen LogP contribution in [0.2, 0.25) is 0 Å². The number of rotatable bonds is 5. The Labute approximate surface area is 157 Å². The number of hydrogen-bond acceptors (Lipinski definition) is 5. The molecule has 0 spiro atoms. The number of fused-ring (bicyclic) bond motifs is 3. The van der Waals surface area contributed by atoms with Crippen molar-refractivity contribution in [1.29, 1.82) is 0 Å². The van der Waals surface area contributed by atoms with E-state index in [1.807, 2.05) is 12.3 Å². The molecule has 5 rings (SSSR count). The van der Waals surface area contributed by atoms with E-state index in [1.54, 1.807) is 6.20 Å². The minimum atomic E-state index is -3.37. The number of H-pyrrole nitrogens is 1. The van der Waals surface area contributed by atoms with Gasteiger partial charge in [0.15, 0.2) is 11.3 Å². The van der Waals surface area contributed by atoms with Gasteiger partial charge in [-0.25, -0.2) is 4.98 Å². The molecule has 4 heterocycles. The number of nitrogens with one attached hydrogen (secondary N) is 2. The maximum Gasteiger partial charge on any atom is 0.279 e. The summed E-state index contributed by atoms with van der Waals surface area (Å²) in [5.41, 5.74) is 2.47. The lowest BCUT2D eigenvalue weighted by Crippen LogP contribution is -2.50. The highest BCUT2D eigenvalue weighted by atomic mass is 32.2. The van der Waals surface area contributed by atoms with Gasteiger partial charge in [0, 0.05) is 31.2 Å². The van der Waals surface area contributed by atoms with Crippen LogP contribution in [0.5, 0.6) is 0 Å². The van der Waals surface area contributed by atoms with Gasteiger partial charge < -0.3 is 4.98 Å². The topological polar surface area (TPSA) is 108 Å². The van der Waals surface area contributed by atoms with Crippen molar-refractivity contribution in [2.75, 3.05) is 13.1 Å². The van der Waals surface area contributed by atoms with Crippen LogP contribution >= 0.6 is 0 Å². The van der Waals surface area contributed by atoms with Crippen molar-refractivity contribution in [3.63, 3.8) is 0 Å². The fourth-order valence-corrected chi connectivity index (χ4v) is 5.94. The molecule has 2 N–H and O–H groups in total. The monoisotopic (exact) mass is 389 g/mol. The van der Waals surface area contributed by atoms with Crippen molar-refractivity contribution >= 4 is 27.0 Å². The molecule has 1 aliphatic heterocycles. The first kappa shape index (κ1) is 17.1. The van der Waals surface area contributed by atoms with Crippen molar-refractivity contribution < 1.29 is 8.42 Å². The van der Waals surface area contributed by atoms with E-state index in [1.165, 1.54) is 4.31 Å². The summed E-state index contributed by atoms with van der Waals surface area (Å²) in [6.45, 7) is 3.40. The van der Waals surface area contributed by atoms with Gasteiger partial charge in [0.05, 0.1) is 11.7 Å². The molecular weight excluding hydrogens is 366 g/mol. The molecule has 9 nitrogen and oxygen atoms in total. The SMILES string of the molecule is CCC1CC(NS(=O)(=O)N2CCC2)CC1c1nnc2cnc3[nH]ccc3n12. The molecule has 1 saturated heterocycles. The lowest BCUT2D eigenvalue weighted by molar-refractivity contribution is 0.301. The normalized spacial score (nSPS) is 26.8. The molecule has 3 aromatic heterocycles. The number of nitrogens with zero attached hydrogens (tertiary/aromatic N) is 5. The third kappa shape index (κ3) is 2.74. The quantitative estimate of drug-likeness (QED) is 0.686. The fraction of sp³-hybridized carbons (Fsp3) is 0.588. The van der Waals surface area contributed by atoms with E-state index in [-0.39, 0.29) is 12.0 Å². The number of aromatic nitrogens is 5. The van der Waals surface area contributed by atoms with Crippen LogP contribution in [-0.2, 0) is 10.2 Å². The Morgan fingerprint density at radius 2 is 2.15 bits per heavy atom. The van der Waals surface area contributed by atoms with E-state index >= 15 is 0 Å². The van der Waals surface area contributed by atoms with Crippen LogP contribution in [0.3, 0.4) is 0 Å². The average molecular weight is 389 g/mol. The zero-order valence-corrected chi connectivity index (χ0v) is 16.0. The second-order valence-corrected chi connectivity index (χ2v) is 9.24. The zero-order chi connectivity index (χ0) is 18.6. The summed E-state index contributed by atoms with van der Waals surface area (Å²) in [5, 5.41) is 8.77. The van der Waals surface area contributed by atoms with Gasteiger partial charge in [0.25, 0.3) is 10.2 Å². The highest BCUT2D eigenvalue weighted by molar-refractivity contribution is 7.87. The van der Waals surface area contributed by atoms with Crippen LogP contribution in [0.1, 0.15) is 44.3 Å². The first-order valence-corrected chi connectivity index (χ1v) is 11.0. The van der Waals surface area contributed by atoms with E-state index in [4.69, 9.17) is 0 Å². The van der Waals surface area contributed by atoms with Gasteiger partial charge in [-0.15, -0.1) is 10.2 Å². The van der Waals surface area contributed by atoms with Gasteiger partial charge in [-0.2, -0.15) is 17.4 Å². The van der Waals surface area contributed by atoms with E-state index in [2.05, 4.69) is 36.2 Å². The van der Waals surface area contributed by atoms with Crippen molar-refractivity contribution in [3.8, 4) is 0 Å². The minimum Gasteiger partial charge on any atom is -0.345 e. The maximum absolute atomic E-state index is 12.5. The van der Waals surface area contributed by atoms with Gasteiger partial charge >= 0.3 is 0 Å². The zero-order valence-electron chi connectivity index (χ0n) is 15.2. The molecule has 0 bridgehead atoms. The van der Waals surface area contributed by atoms with Gasteiger partial charge in [-0.05, 0) is 31.2 Å². The molecule has 27 heavy (non-hydrogen) atoms. The molecular formula is C17H23N7O2S. The Balaban J connectivity index is 1.47. The Hall–Kier alpha value is -2.04. The predicted molar refractivity (Wildman–Crippen MR) is 100 cm³/mol. The van der Waals surface area contributed by atoms with Gasteiger partial charge in [0.1, 0.15) is 5.82 Å². The lowest BCUT2D eigenvalue weighted by atomic mass is 9.93. The molecule has 3 atom stereocenters. The predicted octanol–water partition coefficient (Wildman–Crippen LogP) is 1.42. The second kappa shape index (κ2) is 6.25. The Morgan fingerprint density at radius 3 is 2.89 bits per heavy atom.